The van der Waals surface area contributed by atoms with Gasteiger partial charge in [0.25, 0.3) is 0 Å². The molecule has 0 saturated carbocycles. The van der Waals surface area contributed by atoms with Gasteiger partial charge in [-0.25, -0.2) is 13.2 Å². The number of benzene rings is 2. The Kier molecular flexibility index (Phi) is 2.56. The van der Waals surface area contributed by atoms with Gasteiger partial charge in [-0.05, 0) is 29.8 Å². The molecule has 1 N–H and O–H groups in total. The fourth-order valence-electron chi connectivity index (χ4n) is 1.39. The molecule has 4 heteroatoms. The Balaban J connectivity index is 2.57. The summed E-state index contributed by atoms with van der Waals surface area (Å²) in [6.45, 7) is 0. The second-order valence-electron chi connectivity index (χ2n) is 3.27. The molecule has 0 saturated heterocycles. The summed E-state index contributed by atoms with van der Waals surface area (Å²) < 4.78 is 39.0. The van der Waals surface area contributed by atoms with Gasteiger partial charge in [-0.15, -0.1) is 0 Å². The molecule has 82 valence electrons. The van der Waals surface area contributed by atoms with Gasteiger partial charge in [0.15, 0.2) is 17.5 Å². The highest BCUT2D eigenvalue weighted by molar-refractivity contribution is 5.64. The Labute approximate surface area is 89.8 Å². The van der Waals surface area contributed by atoms with Crippen LogP contribution in [0, 0.1) is 17.5 Å². The van der Waals surface area contributed by atoms with Gasteiger partial charge in [0.05, 0.1) is 0 Å². The second kappa shape index (κ2) is 3.89. The Hall–Kier alpha value is -1.97. The van der Waals surface area contributed by atoms with Crippen molar-refractivity contribution in [1.82, 2.24) is 0 Å². The number of hydrogen-bond donors (Lipinski definition) is 1. The van der Waals surface area contributed by atoms with Crippen molar-refractivity contribution in [3.8, 4) is 16.9 Å². The largest absolute Gasteiger partial charge is 0.508 e. The van der Waals surface area contributed by atoms with Gasteiger partial charge in [0.2, 0.25) is 0 Å². The van der Waals surface area contributed by atoms with Crippen LogP contribution in [0.25, 0.3) is 11.1 Å². The fourth-order valence-corrected chi connectivity index (χ4v) is 1.39. The van der Waals surface area contributed by atoms with Gasteiger partial charge in [-0.2, -0.15) is 0 Å². The van der Waals surface area contributed by atoms with Gasteiger partial charge in [0.1, 0.15) is 5.75 Å². The normalized spacial score (nSPS) is 10.4. The lowest BCUT2D eigenvalue weighted by atomic mass is 10.0. The SMILES string of the molecule is Oc1ccc(-c2ccc(F)c(F)c2F)cc1. The molecule has 0 aliphatic rings. The van der Waals surface area contributed by atoms with Crippen molar-refractivity contribution in [2.75, 3.05) is 0 Å². The molecule has 0 aliphatic heterocycles. The molecule has 0 amide bonds. The quantitative estimate of drug-likeness (QED) is 0.735. The first-order chi connectivity index (χ1) is 7.59. The molecule has 2 aromatic rings. The molecule has 0 heterocycles. The summed E-state index contributed by atoms with van der Waals surface area (Å²) in [6.07, 6.45) is 0. The van der Waals surface area contributed by atoms with E-state index in [2.05, 4.69) is 0 Å². The van der Waals surface area contributed by atoms with Gasteiger partial charge >= 0.3 is 0 Å². The molecule has 2 rings (SSSR count). The molecule has 16 heavy (non-hydrogen) atoms. The van der Waals surface area contributed by atoms with Crippen molar-refractivity contribution in [1.29, 1.82) is 0 Å². The summed E-state index contributed by atoms with van der Waals surface area (Å²) in [6, 6.07) is 7.54. The standard InChI is InChI=1S/C12H7F3O/c13-10-6-5-9(11(14)12(10)15)7-1-3-8(16)4-2-7/h1-6,16H. The second-order valence-corrected chi connectivity index (χ2v) is 3.27. The van der Waals surface area contributed by atoms with Crippen LogP contribution in [0.15, 0.2) is 36.4 Å². The van der Waals surface area contributed by atoms with Crippen LogP contribution in [0.2, 0.25) is 0 Å². The van der Waals surface area contributed by atoms with E-state index in [-0.39, 0.29) is 11.3 Å². The van der Waals surface area contributed by atoms with E-state index in [1.807, 2.05) is 0 Å². The zero-order valence-corrected chi connectivity index (χ0v) is 8.05. The van der Waals surface area contributed by atoms with E-state index in [1.54, 1.807) is 0 Å². The number of halogens is 3. The van der Waals surface area contributed by atoms with E-state index >= 15 is 0 Å². The lowest BCUT2D eigenvalue weighted by Crippen LogP contribution is -1.93. The topological polar surface area (TPSA) is 20.2 Å². The maximum atomic E-state index is 13.4. The molecule has 1 nitrogen and oxygen atoms in total. The Morgan fingerprint density at radius 3 is 2.00 bits per heavy atom. The highest BCUT2D eigenvalue weighted by Gasteiger charge is 2.14. The van der Waals surface area contributed by atoms with Crippen molar-refractivity contribution >= 4 is 0 Å². The minimum absolute atomic E-state index is 0.0201. The molecule has 2 aromatic carbocycles. The molecule has 0 aliphatic carbocycles. The Morgan fingerprint density at radius 2 is 1.38 bits per heavy atom. The predicted octanol–water partition coefficient (Wildman–Crippen LogP) is 3.48. The van der Waals surface area contributed by atoms with Crippen LogP contribution in [-0.2, 0) is 0 Å². The lowest BCUT2D eigenvalue weighted by molar-refractivity contribution is 0.449. The highest BCUT2D eigenvalue weighted by Crippen LogP contribution is 2.26. The van der Waals surface area contributed by atoms with Crippen LogP contribution in [0.3, 0.4) is 0 Å². The van der Waals surface area contributed by atoms with Crippen molar-refractivity contribution in [2.45, 2.75) is 0 Å². The highest BCUT2D eigenvalue weighted by atomic mass is 19.2. The van der Waals surface area contributed by atoms with Gasteiger partial charge in [0, 0.05) is 5.56 Å². The molecular weight excluding hydrogens is 217 g/mol. The molecule has 0 unspecified atom stereocenters. The van der Waals surface area contributed by atoms with Gasteiger partial charge < -0.3 is 5.11 Å². The minimum Gasteiger partial charge on any atom is -0.508 e. The number of hydrogen-bond acceptors (Lipinski definition) is 1. The molecule has 0 radical (unpaired) electrons. The van der Waals surface area contributed by atoms with E-state index in [1.165, 1.54) is 24.3 Å². The van der Waals surface area contributed by atoms with Crippen LogP contribution in [0.1, 0.15) is 0 Å². The number of aromatic hydroxyl groups is 1. The molecule has 0 fully saturated rings. The predicted molar refractivity (Wildman–Crippen MR) is 53.4 cm³/mol. The molecule has 0 bridgehead atoms. The van der Waals surface area contributed by atoms with E-state index in [0.29, 0.717) is 5.56 Å². The number of rotatable bonds is 1. The molecule has 0 spiro atoms. The van der Waals surface area contributed by atoms with Crippen molar-refractivity contribution < 1.29 is 18.3 Å². The Morgan fingerprint density at radius 1 is 0.750 bits per heavy atom. The van der Waals surface area contributed by atoms with Crippen molar-refractivity contribution in [3.63, 3.8) is 0 Å². The molecule has 0 aromatic heterocycles. The minimum atomic E-state index is -1.49. The third kappa shape index (κ3) is 1.74. The van der Waals surface area contributed by atoms with Gasteiger partial charge in [-0.3, -0.25) is 0 Å². The molecule has 0 atom stereocenters. The maximum absolute atomic E-state index is 13.4. The van der Waals surface area contributed by atoms with Crippen LogP contribution >= 0.6 is 0 Å². The van der Waals surface area contributed by atoms with Crippen molar-refractivity contribution in [3.05, 3.63) is 53.8 Å². The maximum Gasteiger partial charge on any atom is 0.195 e. The molecular formula is C12H7F3O. The smallest absolute Gasteiger partial charge is 0.195 e. The zero-order valence-electron chi connectivity index (χ0n) is 8.05. The summed E-state index contributed by atoms with van der Waals surface area (Å²) in [5, 5.41) is 9.04. The summed E-state index contributed by atoms with van der Waals surface area (Å²) in [5.74, 6) is -3.93. The first-order valence-corrected chi connectivity index (χ1v) is 4.52. The average Bonchev–Trinajstić information content (AvgIpc) is 2.28. The summed E-state index contributed by atoms with van der Waals surface area (Å²) >= 11 is 0. The number of phenolic OH excluding ortho intramolecular Hbond substituents is 1. The van der Waals surface area contributed by atoms with Crippen LogP contribution in [-0.4, -0.2) is 5.11 Å². The van der Waals surface area contributed by atoms with E-state index < -0.39 is 17.5 Å². The monoisotopic (exact) mass is 224 g/mol. The first kappa shape index (κ1) is 10.5. The summed E-state index contributed by atoms with van der Waals surface area (Å²) in [4.78, 5) is 0. The average molecular weight is 224 g/mol. The Bertz CT molecular complexity index is 521. The van der Waals surface area contributed by atoms with Crippen LogP contribution in [0.4, 0.5) is 13.2 Å². The number of phenols is 1. The first-order valence-electron chi connectivity index (χ1n) is 4.52. The van der Waals surface area contributed by atoms with E-state index in [4.69, 9.17) is 5.11 Å². The lowest BCUT2D eigenvalue weighted by Gasteiger charge is -2.04. The van der Waals surface area contributed by atoms with E-state index in [0.717, 1.165) is 12.1 Å². The zero-order chi connectivity index (χ0) is 11.7. The fraction of sp³-hybridized carbons (Fsp3) is 0. The van der Waals surface area contributed by atoms with Crippen molar-refractivity contribution in [2.24, 2.45) is 0 Å². The third-order valence-corrected chi connectivity index (χ3v) is 2.21. The third-order valence-electron chi connectivity index (χ3n) is 2.21. The van der Waals surface area contributed by atoms with Gasteiger partial charge in [-0.1, -0.05) is 12.1 Å². The van der Waals surface area contributed by atoms with E-state index in [9.17, 15) is 13.2 Å². The van der Waals surface area contributed by atoms with Crippen LogP contribution < -0.4 is 0 Å². The summed E-state index contributed by atoms with van der Waals surface area (Å²) in [5.41, 5.74) is 0.327. The van der Waals surface area contributed by atoms with Crippen LogP contribution in [0.5, 0.6) is 5.75 Å². The summed E-state index contributed by atoms with van der Waals surface area (Å²) in [7, 11) is 0.